The smallest absolute Gasteiger partial charge is 0.335 e. The van der Waals surface area contributed by atoms with E-state index in [-0.39, 0.29) is 5.54 Å². The molecule has 0 aliphatic carbocycles. The van der Waals surface area contributed by atoms with Crippen LogP contribution in [0.4, 0.5) is 0 Å². The summed E-state index contributed by atoms with van der Waals surface area (Å²) in [5.74, 6) is -0.912. The first-order valence-corrected chi connectivity index (χ1v) is 5.32. The SMILES string of the molecule is NC1(c2ccc(C(=O)O)cc2)CCOCC1. The maximum atomic E-state index is 10.7. The molecule has 1 aromatic carbocycles. The molecule has 1 aliphatic rings. The Labute approximate surface area is 94.0 Å². The van der Waals surface area contributed by atoms with Crippen LogP contribution < -0.4 is 5.73 Å². The van der Waals surface area contributed by atoms with E-state index < -0.39 is 5.97 Å². The summed E-state index contributed by atoms with van der Waals surface area (Å²) < 4.78 is 5.27. The van der Waals surface area contributed by atoms with E-state index in [4.69, 9.17) is 15.6 Å². The van der Waals surface area contributed by atoms with E-state index >= 15 is 0 Å². The molecule has 0 saturated carbocycles. The maximum absolute atomic E-state index is 10.7. The molecule has 4 nitrogen and oxygen atoms in total. The molecule has 0 aromatic heterocycles. The van der Waals surface area contributed by atoms with Crippen LogP contribution in [0.5, 0.6) is 0 Å². The van der Waals surface area contributed by atoms with Crippen molar-refractivity contribution in [3.8, 4) is 0 Å². The third-order valence-corrected chi connectivity index (χ3v) is 3.09. The van der Waals surface area contributed by atoms with Crippen molar-refractivity contribution in [2.45, 2.75) is 18.4 Å². The second-order valence-corrected chi connectivity index (χ2v) is 4.15. The summed E-state index contributed by atoms with van der Waals surface area (Å²) in [5.41, 5.74) is 7.19. The van der Waals surface area contributed by atoms with Crippen molar-refractivity contribution in [1.29, 1.82) is 0 Å². The average Bonchev–Trinajstić information content (AvgIpc) is 2.30. The van der Waals surface area contributed by atoms with Gasteiger partial charge in [-0.2, -0.15) is 0 Å². The van der Waals surface area contributed by atoms with Gasteiger partial charge in [-0.3, -0.25) is 0 Å². The number of rotatable bonds is 2. The van der Waals surface area contributed by atoms with Gasteiger partial charge in [0.15, 0.2) is 0 Å². The van der Waals surface area contributed by atoms with E-state index in [1.165, 1.54) is 0 Å². The minimum atomic E-state index is -0.912. The second-order valence-electron chi connectivity index (χ2n) is 4.15. The highest BCUT2D eigenvalue weighted by atomic mass is 16.5. The van der Waals surface area contributed by atoms with Gasteiger partial charge >= 0.3 is 5.97 Å². The lowest BCUT2D eigenvalue weighted by Gasteiger charge is -2.33. The van der Waals surface area contributed by atoms with Gasteiger partial charge in [0.1, 0.15) is 0 Å². The molecule has 1 aromatic rings. The van der Waals surface area contributed by atoms with Gasteiger partial charge in [0.25, 0.3) is 0 Å². The summed E-state index contributed by atoms with van der Waals surface area (Å²) in [7, 11) is 0. The predicted molar refractivity (Wildman–Crippen MR) is 59.3 cm³/mol. The van der Waals surface area contributed by atoms with Crippen LogP contribution in [0.25, 0.3) is 0 Å². The third-order valence-electron chi connectivity index (χ3n) is 3.09. The third kappa shape index (κ3) is 2.08. The molecule has 0 bridgehead atoms. The zero-order valence-corrected chi connectivity index (χ0v) is 8.98. The van der Waals surface area contributed by atoms with Crippen LogP contribution in [0, 0.1) is 0 Å². The zero-order valence-electron chi connectivity index (χ0n) is 8.98. The first kappa shape index (κ1) is 11.1. The Morgan fingerprint density at radius 2 is 1.81 bits per heavy atom. The first-order chi connectivity index (χ1) is 7.62. The molecule has 0 spiro atoms. The summed E-state index contributed by atoms with van der Waals surface area (Å²) in [6.45, 7) is 1.33. The van der Waals surface area contributed by atoms with E-state index in [9.17, 15) is 4.79 Å². The summed E-state index contributed by atoms with van der Waals surface area (Å²) >= 11 is 0. The molecule has 1 saturated heterocycles. The van der Waals surface area contributed by atoms with E-state index in [1.54, 1.807) is 24.3 Å². The van der Waals surface area contributed by atoms with Crippen molar-refractivity contribution in [3.63, 3.8) is 0 Å². The van der Waals surface area contributed by atoms with Crippen LogP contribution in [0.3, 0.4) is 0 Å². The number of hydrogen-bond acceptors (Lipinski definition) is 3. The Morgan fingerprint density at radius 3 is 2.31 bits per heavy atom. The molecule has 0 atom stereocenters. The van der Waals surface area contributed by atoms with Crippen molar-refractivity contribution in [2.75, 3.05) is 13.2 Å². The monoisotopic (exact) mass is 221 g/mol. The van der Waals surface area contributed by atoms with Gasteiger partial charge in [-0.25, -0.2) is 4.79 Å². The van der Waals surface area contributed by atoms with E-state index in [0.717, 1.165) is 18.4 Å². The molecule has 1 heterocycles. The Kier molecular flexibility index (Phi) is 2.94. The molecule has 0 radical (unpaired) electrons. The largest absolute Gasteiger partial charge is 0.478 e. The van der Waals surface area contributed by atoms with Gasteiger partial charge < -0.3 is 15.6 Å². The molecule has 0 unspecified atom stereocenters. The Bertz CT molecular complexity index is 380. The van der Waals surface area contributed by atoms with Crippen molar-refractivity contribution in [2.24, 2.45) is 5.73 Å². The van der Waals surface area contributed by atoms with Gasteiger partial charge in [-0.1, -0.05) is 12.1 Å². The highest BCUT2D eigenvalue weighted by Gasteiger charge is 2.29. The van der Waals surface area contributed by atoms with E-state index in [2.05, 4.69) is 0 Å². The zero-order chi connectivity index (χ0) is 11.6. The first-order valence-electron chi connectivity index (χ1n) is 5.32. The van der Waals surface area contributed by atoms with Crippen molar-refractivity contribution in [1.82, 2.24) is 0 Å². The Balaban J connectivity index is 2.23. The number of aromatic carboxylic acids is 1. The lowest BCUT2D eigenvalue weighted by Crippen LogP contribution is -2.42. The minimum absolute atomic E-state index is 0.291. The maximum Gasteiger partial charge on any atom is 0.335 e. The number of ether oxygens (including phenoxy) is 1. The number of hydrogen-bond donors (Lipinski definition) is 2. The number of carboxylic acid groups (broad SMARTS) is 1. The van der Waals surface area contributed by atoms with Crippen molar-refractivity contribution < 1.29 is 14.6 Å². The molecule has 4 heteroatoms. The fourth-order valence-electron chi connectivity index (χ4n) is 1.97. The lowest BCUT2D eigenvalue weighted by atomic mass is 9.83. The molecule has 1 fully saturated rings. The standard InChI is InChI=1S/C12H15NO3/c13-12(5-7-16-8-6-12)10-3-1-9(2-4-10)11(14)15/h1-4H,5-8,13H2,(H,14,15). The number of carbonyl (C=O) groups is 1. The second kappa shape index (κ2) is 4.23. The highest BCUT2D eigenvalue weighted by Crippen LogP contribution is 2.29. The van der Waals surface area contributed by atoms with Crippen LogP contribution in [0.2, 0.25) is 0 Å². The summed E-state index contributed by atoms with van der Waals surface area (Å²) in [4.78, 5) is 10.7. The Hall–Kier alpha value is -1.39. The van der Waals surface area contributed by atoms with Crippen LogP contribution in [-0.2, 0) is 10.3 Å². The van der Waals surface area contributed by atoms with Gasteiger partial charge in [-0.05, 0) is 30.5 Å². The fourth-order valence-corrected chi connectivity index (χ4v) is 1.97. The van der Waals surface area contributed by atoms with Crippen molar-refractivity contribution >= 4 is 5.97 Å². The molecule has 0 amide bonds. The van der Waals surface area contributed by atoms with Gasteiger partial charge in [0.05, 0.1) is 5.56 Å². The summed E-state index contributed by atoms with van der Waals surface area (Å²) in [6.07, 6.45) is 1.55. The van der Waals surface area contributed by atoms with Crippen LogP contribution >= 0.6 is 0 Å². The quantitative estimate of drug-likeness (QED) is 0.790. The topological polar surface area (TPSA) is 72.6 Å². The lowest BCUT2D eigenvalue weighted by molar-refractivity contribution is 0.0522. The Morgan fingerprint density at radius 1 is 1.25 bits per heavy atom. The molecular weight excluding hydrogens is 206 g/mol. The number of carboxylic acids is 1. The molecule has 3 N–H and O–H groups in total. The van der Waals surface area contributed by atoms with Gasteiger partial charge in [0.2, 0.25) is 0 Å². The fraction of sp³-hybridized carbons (Fsp3) is 0.417. The molecule has 86 valence electrons. The number of nitrogens with two attached hydrogens (primary N) is 1. The van der Waals surface area contributed by atoms with Crippen molar-refractivity contribution in [3.05, 3.63) is 35.4 Å². The normalized spacial score (nSPS) is 19.3. The molecule has 16 heavy (non-hydrogen) atoms. The van der Waals surface area contributed by atoms with Crippen LogP contribution in [-0.4, -0.2) is 24.3 Å². The average molecular weight is 221 g/mol. The molecular formula is C12H15NO3. The van der Waals surface area contributed by atoms with Crippen LogP contribution in [0.15, 0.2) is 24.3 Å². The predicted octanol–water partition coefficient (Wildman–Crippen LogP) is 1.35. The van der Waals surface area contributed by atoms with Crippen LogP contribution in [0.1, 0.15) is 28.8 Å². The highest BCUT2D eigenvalue weighted by molar-refractivity contribution is 5.87. The van der Waals surface area contributed by atoms with Gasteiger partial charge in [0, 0.05) is 18.8 Å². The number of benzene rings is 1. The van der Waals surface area contributed by atoms with E-state index in [1.807, 2.05) is 0 Å². The van der Waals surface area contributed by atoms with E-state index in [0.29, 0.717) is 18.8 Å². The minimum Gasteiger partial charge on any atom is -0.478 e. The molecule has 1 aliphatic heterocycles. The molecule has 2 rings (SSSR count). The summed E-state index contributed by atoms with van der Waals surface area (Å²) in [5, 5.41) is 8.80. The van der Waals surface area contributed by atoms with Gasteiger partial charge in [-0.15, -0.1) is 0 Å². The summed E-state index contributed by atoms with van der Waals surface area (Å²) in [6, 6.07) is 6.80.